The molecule has 0 bridgehead atoms. The molecule has 1 fully saturated rings. The zero-order chi connectivity index (χ0) is 12.9. The van der Waals surface area contributed by atoms with E-state index >= 15 is 0 Å². The Morgan fingerprint density at radius 3 is 2.53 bits per heavy atom. The lowest BCUT2D eigenvalue weighted by molar-refractivity contribution is -0.143. The normalized spacial score (nSPS) is 28.8. The van der Waals surface area contributed by atoms with Gasteiger partial charge in [0.2, 0.25) is 0 Å². The number of unbranched alkanes of at least 4 members (excludes halogenated alkanes) is 3. The SMILES string of the molecule is CCCCCCC(C)OC1CC(NC)C1(C)C. The summed E-state index contributed by atoms with van der Waals surface area (Å²) in [5, 5.41) is 3.37. The van der Waals surface area contributed by atoms with Gasteiger partial charge in [-0.2, -0.15) is 0 Å². The molecule has 0 radical (unpaired) electrons. The number of ether oxygens (including phenoxy) is 1. The lowest BCUT2D eigenvalue weighted by Gasteiger charge is -2.52. The van der Waals surface area contributed by atoms with Crippen LogP contribution in [0.4, 0.5) is 0 Å². The van der Waals surface area contributed by atoms with Crippen molar-refractivity contribution in [2.45, 2.75) is 84.5 Å². The van der Waals surface area contributed by atoms with Crippen molar-refractivity contribution in [3.63, 3.8) is 0 Å². The molecular formula is C15H31NO. The van der Waals surface area contributed by atoms with E-state index in [0.717, 1.165) is 0 Å². The highest BCUT2D eigenvalue weighted by Gasteiger charge is 2.48. The Hall–Kier alpha value is -0.0800. The zero-order valence-corrected chi connectivity index (χ0v) is 12.4. The molecular weight excluding hydrogens is 210 g/mol. The standard InChI is InChI=1S/C15H31NO/c1-6-7-8-9-10-12(2)17-14-11-13(16-5)15(14,3)4/h12-14,16H,6-11H2,1-5H3. The van der Waals surface area contributed by atoms with E-state index in [-0.39, 0.29) is 0 Å². The van der Waals surface area contributed by atoms with E-state index in [2.05, 4.69) is 40.1 Å². The van der Waals surface area contributed by atoms with Crippen LogP contribution in [0.1, 0.15) is 66.2 Å². The first-order chi connectivity index (χ1) is 8.02. The lowest BCUT2D eigenvalue weighted by Crippen LogP contribution is -2.60. The molecule has 0 aliphatic heterocycles. The summed E-state index contributed by atoms with van der Waals surface area (Å²) in [5.74, 6) is 0. The zero-order valence-electron chi connectivity index (χ0n) is 12.4. The smallest absolute Gasteiger partial charge is 0.0659 e. The first-order valence-corrected chi connectivity index (χ1v) is 7.35. The lowest BCUT2D eigenvalue weighted by atomic mass is 9.64. The van der Waals surface area contributed by atoms with Gasteiger partial charge in [-0.15, -0.1) is 0 Å². The highest BCUT2D eigenvalue weighted by Crippen LogP contribution is 2.43. The van der Waals surface area contributed by atoms with Crippen LogP contribution in [0.3, 0.4) is 0 Å². The molecule has 17 heavy (non-hydrogen) atoms. The summed E-state index contributed by atoms with van der Waals surface area (Å²) < 4.78 is 6.17. The molecule has 1 rings (SSSR count). The molecule has 0 aromatic rings. The molecule has 3 unspecified atom stereocenters. The van der Waals surface area contributed by atoms with Gasteiger partial charge in [-0.1, -0.05) is 46.5 Å². The highest BCUT2D eigenvalue weighted by molar-refractivity contribution is 5.02. The maximum atomic E-state index is 6.17. The van der Waals surface area contributed by atoms with Crippen molar-refractivity contribution in [1.82, 2.24) is 5.32 Å². The van der Waals surface area contributed by atoms with Crippen molar-refractivity contribution in [2.24, 2.45) is 5.41 Å². The Kier molecular flexibility index (Phi) is 5.94. The second-order valence-corrected chi connectivity index (χ2v) is 6.18. The van der Waals surface area contributed by atoms with Crippen LogP contribution >= 0.6 is 0 Å². The average Bonchev–Trinajstić information content (AvgIpc) is 2.29. The highest BCUT2D eigenvalue weighted by atomic mass is 16.5. The van der Waals surface area contributed by atoms with Gasteiger partial charge in [0.25, 0.3) is 0 Å². The van der Waals surface area contributed by atoms with Crippen LogP contribution < -0.4 is 5.32 Å². The number of hydrogen-bond acceptors (Lipinski definition) is 2. The van der Waals surface area contributed by atoms with E-state index < -0.39 is 0 Å². The first kappa shape index (κ1) is 15.0. The fraction of sp³-hybridized carbons (Fsp3) is 1.00. The molecule has 2 heteroatoms. The molecule has 3 atom stereocenters. The van der Waals surface area contributed by atoms with E-state index in [1.807, 2.05) is 0 Å². The summed E-state index contributed by atoms with van der Waals surface area (Å²) >= 11 is 0. The minimum Gasteiger partial charge on any atom is -0.375 e. The predicted octanol–water partition coefficient (Wildman–Crippen LogP) is 3.75. The van der Waals surface area contributed by atoms with Crippen molar-refractivity contribution >= 4 is 0 Å². The van der Waals surface area contributed by atoms with Crippen molar-refractivity contribution in [1.29, 1.82) is 0 Å². The summed E-state index contributed by atoms with van der Waals surface area (Å²) in [6.07, 6.45) is 8.61. The molecule has 0 aromatic carbocycles. The van der Waals surface area contributed by atoms with Gasteiger partial charge in [0.1, 0.15) is 0 Å². The van der Waals surface area contributed by atoms with E-state index in [0.29, 0.717) is 23.7 Å². The maximum absolute atomic E-state index is 6.17. The minimum atomic E-state index is 0.298. The summed E-state index contributed by atoms with van der Waals surface area (Å²) in [6, 6.07) is 0.625. The number of rotatable bonds is 8. The van der Waals surface area contributed by atoms with Crippen LogP contribution in [-0.2, 0) is 4.74 Å². The second-order valence-electron chi connectivity index (χ2n) is 6.18. The van der Waals surface area contributed by atoms with Gasteiger partial charge in [-0.3, -0.25) is 0 Å². The molecule has 1 aliphatic rings. The largest absolute Gasteiger partial charge is 0.375 e. The van der Waals surface area contributed by atoms with Crippen molar-refractivity contribution in [3.05, 3.63) is 0 Å². The van der Waals surface area contributed by atoms with Crippen molar-refractivity contribution in [2.75, 3.05) is 7.05 Å². The Morgan fingerprint density at radius 1 is 1.29 bits per heavy atom. The van der Waals surface area contributed by atoms with E-state index in [9.17, 15) is 0 Å². The third kappa shape index (κ3) is 3.96. The molecule has 1 aliphatic carbocycles. The minimum absolute atomic E-state index is 0.298. The van der Waals surface area contributed by atoms with Crippen molar-refractivity contribution < 1.29 is 4.74 Å². The maximum Gasteiger partial charge on any atom is 0.0659 e. The molecule has 0 spiro atoms. The summed E-state index contributed by atoms with van der Waals surface area (Å²) in [7, 11) is 2.05. The monoisotopic (exact) mass is 241 g/mol. The quantitative estimate of drug-likeness (QED) is 0.654. The predicted molar refractivity (Wildman–Crippen MR) is 74.3 cm³/mol. The fourth-order valence-corrected chi connectivity index (χ4v) is 2.81. The van der Waals surface area contributed by atoms with Crippen LogP contribution in [0.2, 0.25) is 0 Å². The molecule has 0 aromatic heterocycles. The molecule has 2 nitrogen and oxygen atoms in total. The number of nitrogens with one attached hydrogen (secondary N) is 1. The Labute approximate surface area is 108 Å². The summed E-state index contributed by atoms with van der Waals surface area (Å²) in [6.45, 7) is 9.11. The van der Waals surface area contributed by atoms with Gasteiger partial charge >= 0.3 is 0 Å². The molecule has 102 valence electrons. The van der Waals surface area contributed by atoms with Gasteiger partial charge in [0.15, 0.2) is 0 Å². The molecule has 1 saturated carbocycles. The van der Waals surface area contributed by atoms with Gasteiger partial charge in [0.05, 0.1) is 12.2 Å². The Balaban J connectivity index is 2.17. The van der Waals surface area contributed by atoms with E-state index in [1.165, 1.54) is 38.5 Å². The van der Waals surface area contributed by atoms with Crippen molar-refractivity contribution in [3.8, 4) is 0 Å². The molecule has 0 heterocycles. The third-order valence-corrected chi connectivity index (χ3v) is 4.39. The Bertz CT molecular complexity index is 215. The summed E-state index contributed by atoms with van der Waals surface area (Å²) in [4.78, 5) is 0. The van der Waals surface area contributed by atoms with Gasteiger partial charge in [0, 0.05) is 11.5 Å². The average molecular weight is 241 g/mol. The van der Waals surface area contributed by atoms with Crippen LogP contribution in [-0.4, -0.2) is 25.3 Å². The first-order valence-electron chi connectivity index (χ1n) is 7.35. The molecule has 1 N–H and O–H groups in total. The fourth-order valence-electron chi connectivity index (χ4n) is 2.81. The molecule has 0 saturated heterocycles. The van der Waals surface area contributed by atoms with Crippen LogP contribution in [0.15, 0.2) is 0 Å². The molecule has 0 amide bonds. The van der Waals surface area contributed by atoms with E-state index in [4.69, 9.17) is 4.74 Å². The topological polar surface area (TPSA) is 21.3 Å². The second kappa shape index (κ2) is 6.75. The summed E-state index contributed by atoms with van der Waals surface area (Å²) in [5.41, 5.74) is 0.298. The van der Waals surface area contributed by atoms with Crippen LogP contribution in [0, 0.1) is 5.41 Å². The van der Waals surface area contributed by atoms with Gasteiger partial charge < -0.3 is 10.1 Å². The van der Waals surface area contributed by atoms with E-state index in [1.54, 1.807) is 0 Å². The number of hydrogen-bond donors (Lipinski definition) is 1. The van der Waals surface area contributed by atoms with Crippen LogP contribution in [0.5, 0.6) is 0 Å². The van der Waals surface area contributed by atoms with Gasteiger partial charge in [-0.05, 0) is 26.8 Å². The van der Waals surface area contributed by atoms with Crippen LogP contribution in [0.25, 0.3) is 0 Å². The Morgan fingerprint density at radius 2 is 2.00 bits per heavy atom. The van der Waals surface area contributed by atoms with Gasteiger partial charge in [-0.25, -0.2) is 0 Å². The third-order valence-electron chi connectivity index (χ3n) is 4.39.